The molecule has 1 aliphatic heterocycles. The van der Waals surface area contributed by atoms with Crippen molar-refractivity contribution in [2.75, 3.05) is 31.4 Å². The highest BCUT2D eigenvalue weighted by molar-refractivity contribution is 7.98. The van der Waals surface area contributed by atoms with Crippen LogP contribution in [0.3, 0.4) is 0 Å². The molecule has 0 radical (unpaired) electrons. The molecule has 0 spiro atoms. The summed E-state index contributed by atoms with van der Waals surface area (Å²) in [5.74, 6) is 0.206. The van der Waals surface area contributed by atoms with Gasteiger partial charge in [0.1, 0.15) is 0 Å². The van der Waals surface area contributed by atoms with E-state index >= 15 is 0 Å². The van der Waals surface area contributed by atoms with Gasteiger partial charge < -0.3 is 15.4 Å². The molecule has 2 N–H and O–H groups in total. The lowest BCUT2D eigenvalue weighted by atomic mass is 9.91. The Kier molecular flexibility index (Phi) is 7.52. The van der Waals surface area contributed by atoms with Crippen molar-refractivity contribution in [1.29, 1.82) is 0 Å². The maximum absolute atomic E-state index is 12.5. The Hall–Kier alpha value is -0.750. The summed E-state index contributed by atoms with van der Waals surface area (Å²) in [6, 6.07) is 7.51. The summed E-state index contributed by atoms with van der Waals surface area (Å²) >= 11 is 1.68. The zero-order valence-corrected chi connectivity index (χ0v) is 14.1. The molecule has 4 nitrogen and oxygen atoms in total. The van der Waals surface area contributed by atoms with E-state index in [1.807, 2.05) is 30.5 Å². The van der Waals surface area contributed by atoms with Crippen LogP contribution in [-0.2, 0) is 9.53 Å². The van der Waals surface area contributed by atoms with Crippen molar-refractivity contribution in [3.63, 3.8) is 0 Å². The van der Waals surface area contributed by atoms with E-state index in [-0.39, 0.29) is 24.2 Å². The van der Waals surface area contributed by atoms with Crippen molar-refractivity contribution in [2.45, 2.75) is 23.8 Å². The molecule has 1 aromatic carbocycles. The SMILES string of the molecule is CSc1ccc(N(C)C(=O)C(N)C2CCOCC2)cc1.Cl. The number of likely N-dealkylation sites (N-methyl/N-ethyl adjacent to an activating group) is 1. The Morgan fingerprint density at radius 2 is 1.90 bits per heavy atom. The quantitative estimate of drug-likeness (QED) is 0.862. The number of benzene rings is 1. The van der Waals surface area contributed by atoms with Gasteiger partial charge in [0.15, 0.2) is 0 Å². The second kappa shape index (κ2) is 8.63. The van der Waals surface area contributed by atoms with Crippen LogP contribution in [-0.4, -0.2) is 38.5 Å². The lowest BCUT2D eigenvalue weighted by Crippen LogP contribution is -2.47. The van der Waals surface area contributed by atoms with Gasteiger partial charge >= 0.3 is 0 Å². The number of amides is 1. The number of carbonyl (C=O) groups is 1. The molecule has 1 unspecified atom stereocenters. The van der Waals surface area contributed by atoms with E-state index in [0.29, 0.717) is 13.2 Å². The van der Waals surface area contributed by atoms with Crippen LogP contribution in [0.15, 0.2) is 29.2 Å². The molecule has 0 saturated carbocycles. The molecule has 0 aromatic heterocycles. The third-order valence-electron chi connectivity index (χ3n) is 3.85. The van der Waals surface area contributed by atoms with Crippen molar-refractivity contribution in [3.8, 4) is 0 Å². The van der Waals surface area contributed by atoms with E-state index < -0.39 is 6.04 Å². The number of halogens is 1. The monoisotopic (exact) mass is 330 g/mol. The fourth-order valence-electron chi connectivity index (χ4n) is 2.43. The van der Waals surface area contributed by atoms with Gasteiger partial charge in [-0.05, 0) is 49.3 Å². The van der Waals surface area contributed by atoms with Crippen LogP contribution in [0.5, 0.6) is 0 Å². The first-order valence-corrected chi connectivity index (χ1v) is 8.11. The van der Waals surface area contributed by atoms with E-state index in [2.05, 4.69) is 0 Å². The lowest BCUT2D eigenvalue weighted by molar-refractivity contribution is -0.121. The summed E-state index contributed by atoms with van der Waals surface area (Å²) in [5, 5.41) is 0. The molecule has 1 amide bonds. The summed E-state index contributed by atoms with van der Waals surface area (Å²) in [6.07, 6.45) is 3.77. The van der Waals surface area contributed by atoms with Gasteiger partial charge in [0.25, 0.3) is 0 Å². The number of hydrogen-bond donors (Lipinski definition) is 1. The third kappa shape index (κ3) is 4.61. The van der Waals surface area contributed by atoms with E-state index in [9.17, 15) is 4.79 Å². The van der Waals surface area contributed by atoms with Gasteiger partial charge in [-0.25, -0.2) is 0 Å². The van der Waals surface area contributed by atoms with Crippen LogP contribution in [0.4, 0.5) is 5.69 Å². The Morgan fingerprint density at radius 3 is 2.43 bits per heavy atom. The highest BCUT2D eigenvalue weighted by Gasteiger charge is 2.29. The molecule has 6 heteroatoms. The normalized spacial score (nSPS) is 16.9. The molecule has 118 valence electrons. The lowest BCUT2D eigenvalue weighted by Gasteiger charge is -2.29. The number of carbonyl (C=O) groups excluding carboxylic acids is 1. The Balaban J connectivity index is 0.00000220. The third-order valence-corrected chi connectivity index (χ3v) is 4.59. The largest absolute Gasteiger partial charge is 0.381 e. The average molecular weight is 331 g/mol. The smallest absolute Gasteiger partial charge is 0.243 e. The number of rotatable bonds is 4. The summed E-state index contributed by atoms with van der Waals surface area (Å²) in [7, 11) is 1.79. The minimum atomic E-state index is -0.441. The first kappa shape index (κ1) is 18.3. The number of anilines is 1. The molecular weight excluding hydrogens is 308 g/mol. The molecule has 1 aliphatic rings. The molecule has 1 saturated heterocycles. The van der Waals surface area contributed by atoms with Gasteiger partial charge in [0, 0.05) is 30.8 Å². The van der Waals surface area contributed by atoms with Crippen LogP contribution < -0.4 is 10.6 Å². The highest BCUT2D eigenvalue weighted by Crippen LogP contribution is 2.23. The number of thioether (sulfide) groups is 1. The van der Waals surface area contributed by atoms with Crippen molar-refractivity contribution < 1.29 is 9.53 Å². The van der Waals surface area contributed by atoms with E-state index in [1.54, 1.807) is 23.7 Å². The van der Waals surface area contributed by atoms with E-state index in [0.717, 1.165) is 18.5 Å². The maximum atomic E-state index is 12.5. The zero-order chi connectivity index (χ0) is 14.5. The standard InChI is InChI=1S/C15H22N2O2S.ClH/c1-17(12-3-5-13(20-2)6-4-12)15(18)14(16)11-7-9-19-10-8-11;/h3-6,11,14H,7-10,16H2,1-2H3;1H. The molecule has 1 aromatic rings. The number of ether oxygens (including phenoxy) is 1. The molecular formula is C15H23ClN2O2S. The number of nitrogens with two attached hydrogens (primary N) is 1. The Morgan fingerprint density at radius 1 is 1.33 bits per heavy atom. The minimum absolute atomic E-state index is 0. The predicted octanol–water partition coefficient (Wildman–Crippen LogP) is 2.55. The Bertz CT molecular complexity index is 449. The number of nitrogens with zero attached hydrogens (tertiary/aromatic N) is 1. The van der Waals surface area contributed by atoms with Gasteiger partial charge in [0.2, 0.25) is 5.91 Å². The van der Waals surface area contributed by atoms with Gasteiger partial charge in [-0.2, -0.15) is 0 Å². The summed E-state index contributed by atoms with van der Waals surface area (Å²) in [6.45, 7) is 1.41. The zero-order valence-electron chi connectivity index (χ0n) is 12.5. The molecule has 1 atom stereocenters. The molecule has 1 fully saturated rings. The first-order chi connectivity index (χ1) is 9.63. The molecule has 2 rings (SSSR count). The second-order valence-corrected chi connectivity index (χ2v) is 5.95. The van der Waals surface area contributed by atoms with Crippen LogP contribution in [0, 0.1) is 5.92 Å². The second-order valence-electron chi connectivity index (χ2n) is 5.07. The van der Waals surface area contributed by atoms with Crippen LogP contribution in [0.25, 0.3) is 0 Å². The fourth-order valence-corrected chi connectivity index (χ4v) is 2.84. The summed E-state index contributed by atoms with van der Waals surface area (Å²) in [4.78, 5) is 15.3. The van der Waals surface area contributed by atoms with Gasteiger partial charge in [-0.15, -0.1) is 24.2 Å². The number of hydrogen-bond acceptors (Lipinski definition) is 4. The van der Waals surface area contributed by atoms with Crippen LogP contribution in [0.2, 0.25) is 0 Å². The molecule has 0 aliphatic carbocycles. The Labute approximate surface area is 136 Å². The van der Waals surface area contributed by atoms with Crippen molar-refractivity contribution >= 4 is 35.8 Å². The van der Waals surface area contributed by atoms with E-state index in [1.165, 1.54) is 4.90 Å². The van der Waals surface area contributed by atoms with Gasteiger partial charge in [-0.1, -0.05) is 0 Å². The maximum Gasteiger partial charge on any atom is 0.243 e. The molecule has 0 bridgehead atoms. The summed E-state index contributed by atoms with van der Waals surface area (Å²) in [5.41, 5.74) is 7.02. The summed E-state index contributed by atoms with van der Waals surface area (Å²) < 4.78 is 5.32. The fraction of sp³-hybridized carbons (Fsp3) is 0.533. The van der Waals surface area contributed by atoms with Crippen molar-refractivity contribution in [3.05, 3.63) is 24.3 Å². The van der Waals surface area contributed by atoms with Crippen molar-refractivity contribution in [1.82, 2.24) is 0 Å². The molecule has 21 heavy (non-hydrogen) atoms. The minimum Gasteiger partial charge on any atom is -0.381 e. The topological polar surface area (TPSA) is 55.6 Å². The van der Waals surface area contributed by atoms with Crippen LogP contribution >= 0.6 is 24.2 Å². The van der Waals surface area contributed by atoms with Crippen LogP contribution in [0.1, 0.15) is 12.8 Å². The average Bonchev–Trinajstić information content (AvgIpc) is 2.53. The highest BCUT2D eigenvalue weighted by atomic mass is 35.5. The predicted molar refractivity (Wildman–Crippen MR) is 90.4 cm³/mol. The van der Waals surface area contributed by atoms with Gasteiger partial charge in [-0.3, -0.25) is 4.79 Å². The van der Waals surface area contributed by atoms with Gasteiger partial charge in [0.05, 0.1) is 6.04 Å². The van der Waals surface area contributed by atoms with Crippen molar-refractivity contribution in [2.24, 2.45) is 11.7 Å². The first-order valence-electron chi connectivity index (χ1n) is 6.88. The van der Waals surface area contributed by atoms with E-state index in [4.69, 9.17) is 10.5 Å². The molecule has 1 heterocycles.